The van der Waals surface area contributed by atoms with Crippen molar-refractivity contribution in [1.82, 2.24) is 19.9 Å². The van der Waals surface area contributed by atoms with Gasteiger partial charge in [0, 0.05) is 11.8 Å². The van der Waals surface area contributed by atoms with E-state index in [9.17, 15) is 4.79 Å². The Morgan fingerprint density at radius 1 is 1.21 bits per heavy atom. The summed E-state index contributed by atoms with van der Waals surface area (Å²) in [6.07, 6.45) is 1.68. The van der Waals surface area contributed by atoms with Gasteiger partial charge in [-0.2, -0.15) is 5.10 Å². The van der Waals surface area contributed by atoms with Crippen LogP contribution in [0, 0.1) is 13.8 Å². The van der Waals surface area contributed by atoms with Crippen LogP contribution in [-0.4, -0.2) is 25.8 Å². The maximum Gasteiger partial charge on any atom is 0.259 e. The van der Waals surface area contributed by atoms with Crippen LogP contribution in [0.2, 0.25) is 0 Å². The molecule has 0 aliphatic carbocycles. The molecule has 0 spiro atoms. The minimum Gasteiger partial charge on any atom is -0.336 e. The molecule has 4 rings (SSSR count). The van der Waals surface area contributed by atoms with Crippen LogP contribution in [0.5, 0.6) is 0 Å². The smallest absolute Gasteiger partial charge is 0.259 e. The van der Waals surface area contributed by atoms with E-state index in [1.54, 1.807) is 23.9 Å². The topological polar surface area (TPSA) is 85.8 Å². The van der Waals surface area contributed by atoms with Gasteiger partial charge in [0.2, 0.25) is 0 Å². The number of fused-ring (bicyclic) bond motifs is 1. The number of hydrogen-bond acceptors (Lipinski definition) is 5. The Labute approximate surface area is 168 Å². The number of rotatable bonds is 5. The molecule has 0 bridgehead atoms. The maximum absolute atomic E-state index is 13.2. The van der Waals surface area contributed by atoms with Gasteiger partial charge in [-0.05, 0) is 31.4 Å². The lowest BCUT2D eigenvalue weighted by atomic mass is 10.0. The molecule has 0 aliphatic heterocycles. The van der Waals surface area contributed by atoms with Crippen molar-refractivity contribution in [2.24, 2.45) is 0 Å². The Bertz CT molecular complexity index is 1190. The van der Waals surface area contributed by atoms with Gasteiger partial charge in [0.05, 0.1) is 29.4 Å². The van der Waals surface area contributed by atoms with Crippen molar-refractivity contribution in [3.63, 3.8) is 0 Å². The van der Waals surface area contributed by atoms with Gasteiger partial charge in [-0.15, -0.1) is 0 Å². The first kappa shape index (κ1) is 18.9. The van der Waals surface area contributed by atoms with E-state index < -0.39 is 0 Å². The number of carbonyl (C=O) groups excluding carboxylic acids is 1. The molecule has 7 nitrogen and oxygen atoms in total. The third kappa shape index (κ3) is 3.76. The van der Waals surface area contributed by atoms with Gasteiger partial charge in [0.1, 0.15) is 5.82 Å². The van der Waals surface area contributed by atoms with Gasteiger partial charge in [-0.3, -0.25) is 4.79 Å². The molecule has 7 heteroatoms. The Balaban J connectivity index is 1.66. The van der Waals surface area contributed by atoms with E-state index in [0.717, 1.165) is 11.3 Å². The minimum atomic E-state index is -0.239. The molecule has 0 aliphatic rings. The first-order chi connectivity index (χ1) is 13.9. The van der Waals surface area contributed by atoms with Crippen molar-refractivity contribution in [2.45, 2.75) is 40.2 Å². The van der Waals surface area contributed by atoms with Crippen LogP contribution in [0.25, 0.3) is 11.1 Å². The molecule has 0 radical (unpaired) electrons. The standard InChI is InChI=1S/C22H23N5O2/c1-13(2)18-11-17(20-15(4)26-29-22(20)24-18)21(28)25-19-8-9-23-27(19)12-16-7-5-6-14(3)10-16/h5-11,13H,12H2,1-4H3,(H,25,28). The van der Waals surface area contributed by atoms with Gasteiger partial charge in [-0.1, -0.05) is 48.8 Å². The number of nitrogens with zero attached hydrogens (tertiary/aromatic N) is 4. The Morgan fingerprint density at radius 3 is 2.79 bits per heavy atom. The number of aryl methyl sites for hydroxylation is 2. The number of nitrogens with one attached hydrogen (secondary N) is 1. The summed E-state index contributed by atoms with van der Waals surface area (Å²) in [4.78, 5) is 17.7. The van der Waals surface area contributed by atoms with Crippen molar-refractivity contribution >= 4 is 22.8 Å². The summed E-state index contributed by atoms with van der Waals surface area (Å²) >= 11 is 0. The van der Waals surface area contributed by atoms with Crippen LogP contribution in [-0.2, 0) is 6.54 Å². The van der Waals surface area contributed by atoms with Gasteiger partial charge < -0.3 is 9.84 Å². The van der Waals surface area contributed by atoms with Crippen LogP contribution < -0.4 is 5.32 Å². The van der Waals surface area contributed by atoms with Gasteiger partial charge >= 0.3 is 0 Å². The third-order valence-corrected chi connectivity index (χ3v) is 4.85. The summed E-state index contributed by atoms with van der Waals surface area (Å²) in [5, 5.41) is 12.0. The average Bonchev–Trinajstić information content (AvgIpc) is 3.27. The van der Waals surface area contributed by atoms with Crippen LogP contribution in [0.3, 0.4) is 0 Å². The summed E-state index contributed by atoms with van der Waals surface area (Å²) in [5.41, 5.74) is 4.61. The van der Waals surface area contributed by atoms with E-state index >= 15 is 0 Å². The highest BCUT2D eigenvalue weighted by Gasteiger charge is 2.20. The second-order valence-corrected chi connectivity index (χ2v) is 7.51. The van der Waals surface area contributed by atoms with E-state index in [1.165, 1.54) is 5.56 Å². The Kier molecular flexibility index (Phi) is 4.88. The van der Waals surface area contributed by atoms with Crippen LogP contribution in [0.4, 0.5) is 5.82 Å². The lowest BCUT2D eigenvalue weighted by Gasteiger charge is -2.11. The normalized spacial score (nSPS) is 11.3. The lowest BCUT2D eigenvalue weighted by molar-refractivity contribution is 0.102. The number of amides is 1. The Hall–Kier alpha value is -3.48. The highest BCUT2D eigenvalue weighted by atomic mass is 16.5. The number of benzene rings is 1. The lowest BCUT2D eigenvalue weighted by Crippen LogP contribution is -2.17. The predicted octanol–water partition coefficient (Wildman–Crippen LogP) is 4.46. The van der Waals surface area contributed by atoms with E-state index in [1.807, 2.05) is 32.0 Å². The highest BCUT2D eigenvalue weighted by molar-refractivity contribution is 6.12. The van der Waals surface area contributed by atoms with Crippen molar-refractivity contribution in [2.75, 3.05) is 5.32 Å². The average molecular weight is 389 g/mol. The summed E-state index contributed by atoms with van der Waals surface area (Å²) in [7, 11) is 0. The molecule has 0 unspecified atom stereocenters. The van der Waals surface area contributed by atoms with Crippen molar-refractivity contribution in [3.05, 3.63) is 70.7 Å². The molecule has 1 amide bonds. The first-order valence-corrected chi connectivity index (χ1v) is 9.58. The highest BCUT2D eigenvalue weighted by Crippen LogP contribution is 2.26. The van der Waals surface area contributed by atoms with Gasteiger partial charge in [0.25, 0.3) is 11.6 Å². The van der Waals surface area contributed by atoms with E-state index in [0.29, 0.717) is 34.7 Å². The zero-order valence-corrected chi connectivity index (χ0v) is 16.9. The maximum atomic E-state index is 13.2. The fraction of sp³-hybridized carbons (Fsp3) is 0.273. The number of carbonyl (C=O) groups is 1. The molecule has 29 heavy (non-hydrogen) atoms. The number of hydrogen-bond donors (Lipinski definition) is 1. The SMILES string of the molecule is Cc1cccc(Cn2nccc2NC(=O)c2cc(C(C)C)nc3onc(C)c23)c1. The third-order valence-electron chi connectivity index (χ3n) is 4.85. The summed E-state index contributed by atoms with van der Waals surface area (Å²) in [6, 6.07) is 11.8. The van der Waals surface area contributed by atoms with Crippen LogP contribution in [0.1, 0.15) is 52.6 Å². The molecular weight excluding hydrogens is 366 g/mol. The van der Waals surface area contributed by atoms with E-state index in [-0.39, 0.29) is 11.8 Å². The van der Waals surface area contributed by atoms with Crippen molar-refractivity contribution in [1.29, 1.82) is 0 Å². The molecule has 1 aromatic carbocycles. The van der Waals surface area contributed by atoms with Gasteiger partial charge in [-0.25, -0.2) is 9.67 Å². The van der Waals surface area contributed by atoms with Crippen molar-refractivity contribution in [3.8, 4) is 0 Å². The van der Waals surface area contributed by atoms with Crippen LogP contribution >= 0.6 is 0 Å². The largest absolute Gasteiger partial charge is 0.336 e. The second-order valence-electron chi connectivity index (χ2n) is 7.51. The first-order valence-electron chi connectivity index (χ1n) is 9.58. The molecule has 4 aromatic rings. The molecule has 148 valence electrons. The minimum absolute atomic E-state index is 0.156. The summed E-state index contributed by atoms with van der Waals surface area (Å²) in [5.74, 6) is 0.543. The molecule has 0 fully saturated rings. The quantitative estimate of drug-likeness (QED) is 0.545. The summed E-state index contributed by atoms with van der Waals surface area (Å²) < 4.78 is 7.09. The number of pyridine rings is 1. The number of aromatic nitrogens is 4. The van der Waals surface area contributed by atoms with Crippen molar-refractivity contribution < 1.29 is 9.32 Å². The molecule has 3 heterocycles. The van der Waals surface area contributed by atoms with E-state index in [2.05, 4.69) is 39.6 Å². The fourth-order valence-electron chi connectivity index (χ4n) is 3.32. The zero-order chi connectivity index (χ0) is 20.5. The molecule has 0 saturated carbocycles. The predicted molar refractivity (Wildman–Crippen MR) is 111 cm³/mol. The van der Waals surface area contributed by atoms with Gasteiger partial charge in [0.15, 0.2) is 0 Å². The molecule has 1 N–H and O–H groups in total. The molecule has 3 aromatic heterocycles. The molecule has 0 saturated heterocycles. The number of anilines is 1. The monoisotopic (exact) mass is 389 g/mol. The fourth-order valence-corrected chi connectivity index (χ4v) is 3.32. The zero-order valence-electron chi connectivity index (χ0n) is 16.9. The molecular formula is C22H23N5O2. The Morgan fingerprint density at radius 2 is 2.03 bits per heavy atom. The summed E-state index contributed by atoms with van der Waals surface area (Å²) in [6.45, 7) is 8.48. The molecule has 0 atom stereocenters. The van der Waals surface area contributed by atoms with Crippen LogP contribution in [0.15, 0.2) is 47.1 Å². The van der Waals surface area contributed by atoms with E-state index in [4.69, 9.17) is 4.52 Å². The second kappa shape index (κ2) is 7.50.